The molecule has 126 valence electrons. The second-order valence-corrected chi connectivity index (χ2v) is 7.30. The van der Waals surface area contributed by atoms with Crippen LogP contribution < -0.4 is 0 Å². The molecule has 0 aromatic carbocycles. The molecule has 1 heterocycles. The zero-order valence-electron chi connectivity index (χ0n) is 14.4. The number of unbranched alkanes of at least 4 members (excludes halogenated alkanes) is 1. The summed E-state index contributed by atoms with van der Waals surface area (Å²) >= 11 is 0. The van der Waals surface area contributed by atoms with E-state index in [1.54, 1.807) is 0 Å². The van der Waals surface area contributed by atoms with E-state index in [1.807, 2.05) is 4.90 Å². The lowest BCUT2D eigenvalue weighted by Gasteiger charge is -2.38. The van der Waals surface area contributed by atoms with Gasteiger partial charge >= 0.3 is 0 Å². The molecule has 2 aliphatic rings. The molecular formula is C19H33NO2. The van der Waals surface area contributed by atoms with Crippen molar-refractivity contribution in [3.05, 3.63) is 12.2 Å². The molecule has 2 rings (SSSR count). The van der Waals surface area contributed by atoms with Crippen LogP contribution in [0.3, 0.4) is 0 Å². The maximum atomic E-state index is 12.7. The minimum absolute atomic E-state index is 0.0175. The molecule has 1 amide bonds. The minimum atomic E-state index is -0.0175. The number of hydrogen-bond donors (Lipinski definition) is 1. The number of carbonyl (C=O) groups is 1. The molecule has 0 unspecified atom stereocenters. The Morgan fingerprint density at radius 1 is 1.36 bits per heavy atom. The summed E-state index contributed by atoms with van der Waals surface area (Å²) < 4.78 is 0. The maximum Gasteiger partial charge on any atom is 0.225 e. The fraction of sp³-hybridized carbons (Fsp3) is 0.842. The van der Waals surface area contributed by atoms with Gasteiger partial charge in [0.2, 0.25) is 5.91 Å². The highest BCUT2D eigenvalue weighted by molar-refractivity contribution is 5.79. The number of hydrogen-bond acceptors (Lipinski definition) is 2. The van der Waals surface area contributed by atoms with E-state index in [1.165, 1.54) is 0 Å². The molecule has 2 fully saturated rings. The van der Waals surface area contributed by atoms with E-state index < -0.39 is 0 Å². The van der Waals surface area contributed by atoms with E-state index >= 15 is 0 Å². The van der Waals surface area contributed by atoms with Crippen LogP contribution in [0.4, 0.5) is 0 Å². The van der Waals surface area contributed by atoms with Gasteiger partial charge in [0.05, 0.1) is 0 Å². The Balaban J connectivity index is 2.01. The highest BCUT2D eigenvalue weighted by Gasteiger charge is 2.46. The number of amides is 1. The molecule has 1 aliphatic carbocycles. The molecule has 1 N–H and O–H groups in total. The first-order chi connectivity index (χ1) is 10.6. The van der Waals surface area contributed by atoms with Crippen LogP contribution in [0.25, 0.3) is 0 Å². The Labute approximate surface area is 135 Å². The van der Waals surface area contributed by atoms with Gasteiger partial charge in [0.1, 0.15) is 0 Å². The standard InChI is InChI=1S/C19H33NO2/c1-3-4-5-6-11-19(15-21)12-9-10-17(19)16(2)18(22)20-13-7-8-14-20/h3-4,16-17,21H,5-15H2,1-2H3/b4-3-/t16-,17-,19+/m0/s1. The van der Waals surface area contributed by atoms with Gasteiger partial charge in [-0.05, 0) is 63.2 Å². The molecule has 3 nitrogen and oxygen atoms in total. The van der Waals surface area contributed by atoms with Crippen molar-refractivity contribution in [1.82, 2.24) is 4.90 Å². The molecule has 3 heteroatoms. The highest BCUT2D eigenvalue weighted by atomic mass is 16.3. The lowest BCUT2D eigenvalue weighted by molar-refractivity contribution is -0.137. The first kappa shape index (κ1) is 17.5. The zero-order valence-corrected chi connectivity index (χ0v) is 14.4. The van der Waals surface area contributed by atoms with Crippen molar-refractivity contribution in [2.24, 2.45) is 17.3 Å². The van der Waals surface area contributed by atoms with Crippen LogP contribution in [0.5, 0.6) is 0 Å². The third-order valence-corrected chi connectivity index (χ3v) is 5.98. The Hall–Kier alpha value is -0.830. The molecular weight excluding hydrogens is 274 g/mol. The average Bonchev–Trinajstić information content (AvgIpc) is 3.20. The number of carbonyl (C=O) groups excluding carboxylic acids is 1. The van der Waals surface area contributed by atoms with Gasteiger partial charge in [0, 0.05) is 25.6 Å². The summed E-state index contributed by atoms with van der Waals surface area (Å²) in [6.45, 7) is 6.27. The molecule has 22 heavy (non-hydrogen) atoms. The molecule has 1 aliphatic heterocycles. The second-order valence-electron chi connectivity index (χ2n) is 7.30. The van der Waals surface area contributed by atoms with Gasteiger partial charge in [0.25, 0.3) is 0 Å². The zero-order chi connectivity index (χ0) is 16.0. The summed E-state index contributed by atoms with van der Waals surface area (Å²) in [4.78, 5) is 14.8. The van der Waals surface area contributed by atoms with E-state index in [4.69, 9.17) is 0 Å². The van der Waals surface area contributed by atoms with E-state index in [2.05, 4.69) is 26.0 Å². The van der Waals surface area contributed by atoms with Crippen molar-refractivity contribution in [3.63, 3.8) is 0 Å². The fourth-order valence-electron chi connectivity index (χ4n) is 4.67. The molecule has 0 bridgehead atoms. The smallest absolute Gasteiger partial charge is 0.225 e. The highest BCUT2D eigenvalue weighted by Crippen LogP contribution is 2.50. The van der Waals surface area contributed by atoms with Crippen LogP contribution in [0, 0.1) is 17.3 Å². The van der Waals surface area contributed by atoms with Crippen molar-refractivity contribution in [2.45, 2.75) is 65.2 Å². The molecule has 0 aromatic heterocycles. The van der Waals surface area contributed by atoms with Crippen molar-refractivity contribution >= 4 is 5.91 Å². The maximum absolute atomic E-state index is 12.7. The van der Waals surface area contributed by atoms with Crippen molar-refractivity contribution in [2.75, 3.05) is 19.7 Å². The monoisotopic (exact) mass is 307 g/mol. The summed E-state index contributed by atoms with van der Waals surface area (Å²) in [5, 5.41) is 10.1. The number of aliphatic hydroxyl groups is 1. The van der Waals surface area contributed by atoms with Crippen LogP contribution in [-0.2, 0) is 4.79 Å². The molecule has 1 saturated heterocycles. The number of rotatable bonds is 7. The van der Waals surface area contributed by atoms with Crippen molar-refractivity contribution in [1.29, 1.82) is 0 Å². The predicted molar refractivity (Wildman–Crippen MR) is 90.5 cm³/mol. The van der Waals surface area contributed by atoms with Gasteiger partial charge in [-0.25, -0.2) is 0 Å². The summed E-state index contributed by atoms with van der Waals surface area (Å²) in [6, 6.07) is 0. The summed E-state index contributed by atoms with van der Waals surface area (Å²) in [7, 11) is 0. The normalized spacial score (nSPS) is 30.3. The molecule has 0 radical (unpaired) electrons. The van der Waals surface area contributed by atoms with E-state index in [9.17, 15) is 9.90 Å². The quantitative estimate of drug-likeness (QED) is 0.574. The van der Waals surface area contributed by atoms with Gasteiger partial charge in [-0.1, -0.05) is 25.5 Å². The first-order valence-corrected chi connectivity index (χ1v) is 9.15. The van der Waals surface area contributed by atoms with Gasteiger partial charge in [-0.15, -0.1) is 0 Å². The molecule has 0 spiro atoms. The van der Waals surface area contributed by atoms with E-state index in [-0.39, 0.29) is 17.9 Å². The second kappa shape index (κ2) is 8.14. The largest absolute Gasteiger partial charge is 0.396 e. The lowest BCUT2D eigenvalue weighted by Crippen LogP contribution is -2.42. The van der Waals surface area contributed by atoms with Gasteiger partial charge in [-0.3, -0.25) is 4.79 Å². The van der Waals surface area contributed by atoms with Gasteiger partial charge in [0.15, 0.2) is 0 Å². The predicted octanol–water partition coefficient (Wildman–Crippen LogP) is 3.77. The van der Waals surface area contributed by atoms with Crippen LogP contribution in [-0.4, -0.2) is 35.6 Å². The summed E-state index contributed by atoms with van der Waals surface area (Å²) in [6.07, 6.45) is 13.2. The average molecular weight is 307 g/mol. The fourth-order valence-corrected chi connectivity index (χ4v) is 4.67. The van der Waals surface area contributed by atoms with Crippen LogP contribution >= 0.6 is 0 Å². The van der Waals surface area contributed by atoms with Crippen molar-refractivity contribution < 1.29 is 9.90 Å². The SMILES string of the molecule is C/C=C\CCC[C@]1(CO)CCC[C@H]1[C@H](C)C(=O)N1CCCC1. The van der Waals surface area contributed by atoms with E-state index in [0.717, 1.165) is 64.5 Å². The topological polar surface area (TPSA) is 40.5 Å². The van der Waals surface area contributed by atoms with Crippen LogP contribution in [0.2, 0.25) is 0 Å². The third kappa shape index (κ3) is 3.73. The number of nitrogens with zero attached hydrogens (tertiary/aromatic N) is 1. The first-order valence-electron chi connectivity index (χ1n) is 9.15. The van der Waals surface area contributed by atoms with Gasteiger partial charge in [-0.2, -0.15) is 0 Å². The van der Waals surface area contributed by atoms with Gasteiger partial charge < -0.3 is 10.0 Å². The van der Waals surface area contributed by atoms with Crippen LogP contribution in [0.1, 0.15) is 65.2 Å². The molecule has 1 saturated carbocycles. The minimum Gasteiger partial charge on any atom is -0.396 e. The Morgan fingerprint density at radius 3 is 2.73 bits per heavy atom. The lowest BCUT2D eigenvalue weighted by atomic mass is 9.69. The number of allylic oxidation sites excluding steroid dienone is 2. The summed E-state index contributed by atoms with van der Waals surface area (Å²) in [5.74, 6) is 0.751. The summed E-state index contributed by atoms with van der Waals surface area (Å²) in [5.41, 5.74) is -0.0175. The Morgan fingerprint density at radius 2 is 2.09 bits per heavy atom. The van der Waals surface area contributed by atoms with Crippen LogP contribution in [0.15, 0.2) is 12.2 Å². The molecule has 3 atom stereocenters. The van der Waals surface area contributed by atoms with E-state index in [0.29, 0.717) is 11.8 Å². The number of aliphatic hydroxyl groups excluding tert-OH is 1. The van der Waals surface area contributed by atoms with Crippen molar-refractivity contribution in [3.8, 4) is 0 Å². The third-order valence-electron chi connectivity index (χ3n) is 5.98. The number of likely N-dealkylation sites (tertiary alicyclic amines) is 1. The Bertz CT molecular complexity index is 387. The Kier molecular flexibility index (Phi) is 6.49. The molecule has 0 aromatic rings.